The fraction of sp³-hybridized carbons (Fsp3) is 1.00. The quantitative estimate of drug-likeness (QED) is 0.167. The standard InChI is InChI=1S/C18H37N5O10/c19-2-6-11(26)12(27)9(23)17(30-6)32-15-4(20)1-5(21)16(14(15)29)33-18-13(28)8(22)10(25)7(3-24)31-18/h4-18,24-29H,1-3,19-23H2/t4?,5-,6?,7?,8?,9?,10+,11-,12-,13?,14+,15-,16?,17-,18+/m1/s1. The molecule has 0 radical (unpaired) electrons. The van der Waals surface area contributed by atoms with Gasteiger partial charge in [0.1, 0.15) is 54.9 Å². The second-order valence-electron chi connectivity index (χ2n) is 8.88. The molecule has 0 amide bonds. The van der Waals surface area contributed by atoms with Gasteiger partial charge in [-0.05, 0) is 6.42 Å². The molecule has 0 aromatic heterocycles. The maximum absolute atomic E-state index is 11.0. The van der Waals surface area contributed by atoms with E-state index in [1.807, 2.05) is 0 Å². The molecule has 2 saturated heterocycles. The lowest BCUT2D eigenvalue weighted by molar-refractivity contribution is -0.318. The van der Waals surface area contributed by atoms with Crippen LogP contribution in [0.15, 0.2) is 0 Å². The van der Waals surface area contributed by atoms with Crippen LogP contribution in [0.4, 0.5) is 0 Å². The Morgan fingerprint density at radius 3 is 1.76 bits per heavy atom. The van der Waals surface area contributed by atoms with Crippen LogP contribution >= 0.6 is 0 Å². The van der Waals surface area contributed by atoms with Gasteiger partial charge in [-0.25, -0.2) is 0 Å². The van der Waals surface area contributed by atoms with Gasteiger partial charge in [0.05, 0.1) is 18.7 Å². The fourth-order valence-electron chi connectivity index (χ4n) is 4.45. The van der Waals surface area contributed by atoms with Crippen molar-refractivity contribution in [3.63, 3.8) is 0 Å². The predicted molar refractivity (Wildman–Crippen MR) is 110 cm³/mol. The second-order valence-corrected chi connectivity index (χ2v) is 8.88. The Morgan fingerprint density at radius 2 is 1.21 bits per heavy atom. The van der Waals surface area contributed by atoms with Gasteiger partial charge in [-0.3, -0.25) is 0 Å². The van der Waals surface area contributed by atoms with Crippen molar-refractivity contribution in [1.29, 1.82) is 0 Å². The molecular formula is C18H37N5O10. The van der Waals surface area contributed by atoms with Crippen LogP contribution in [0.1, 0.15) is 6.42 Å². The zero-order valence-corrected chi connectivity index (χ0v) is 18.0. The highest BCUT2D eigenvalue weighted by atomic mass is 16.7. The van der Waals surface area contributed by atoms with Crippen molar-refractivity contribution < 1.29 is 49.6 Å². The fourth-order valence-corrected chi connectivity index (χ4v) is 4.45. The van der Waals surface area contributed by atoms with Gasteiger partial charge in [0, 0.05) is 18.6 Å². The van der Waals surface area contributed by atoms with Crippen molar-refractivity contribution >= 4 is 0 Å². The van der Waals surface area contributed by atoms with E-state index < -0.39 is 98.3 Å². The minimum Gasteiger partial charge on any atom is -0.394 e. The summed E-state index contributed by atoms with van der Waals surface area (Å²) in [6.45, 7) is -0.694. The van der Waals surface area contributed by atoms with Crippen molar-refractivity contribution in [3.8, 4) is 0 Å². The van der Waals surface area contributed by atoms with Crippen molar-refractivity contribution in [2.75, 3.05) is 13.2 Å². The van der Waals surface area contributed by atoms with E-state index in [-0.39, 0.29) is 13.0 Å². The minimum atomic E-state index is -1.48. The molecule has 1 saturated carbocycles. The molecule has 33 heavy (non-hydrogen) atoms. The number of nitrogens with two attached hydrogens (primary N) is 5. The van der Waals surface area contributed by atoms with Crippen LogP contribution in [-0.2, 0) is 18.9 Å². The largest absolute Gasteiger partial charge is 0.394 e. The molecule has 15 heteroatoms. The van der Waals surface area contributed by atoms with E-state index in [4.69, 9.17) is 47.6 Å². The first-order valence-corrected chi connectivity index (χ1v) is 10.9. The van der Waals surface area contributed by atoms with Gasteiger partial charge in [0.2, 0.25) is 0 Å². The van der Waals surface area contributed by atoms with Crippen molar-refractivity contribution in [2.45, 2.75) is 98.1 Å². The molecule has 3 fully saturated rings. The molecule has 15 atom stereocenters. The Kier molecular flexibility index (Phi) is 8.99. The Morgan fingerprint density at radius 1 is 0.667 bits per heavy atom. The molecule has 16 N–H and O–H groups in total. The zero-order valence-electron chi connectivity index (χ0n) is 18.0. The van der Waals surface area contributed by atoms with Gasteiger partial charge < -0.3 is 78.3 Å². The third kappa shape index (κ3) is 5.32. The zero-order chi connectivity index (χ0) is 24.6. The molecule has 7 unspecified atom stereocenters. The molecule has 3 rings (SSSR count). The first kappa shape index (κ1) is 27.0. The average Bonchev–Trinajstić information content (AvgIpc) is 2.79. The molecule has 1 aliphatic carbocycles. The van der Waals surface area contributed by atoms with E-state index in [1.165, 1.54) is 0 Å². The summed E-state index contributed by atoms with van der Waals surface area (Å²) in [7, 11) is 0. The summed E-state index contributed by atoms with van der Waals surface area (Å²) in [6, 6.07) is -3.92. The van der Waals surface area contributed by atoms with Gasteiger partial charge in [0.25, 0.3) is 0 Å². The summed E-state index contributed by atoms with van der Waals surface area (Å²) in [5.74, 6) is 0. The Labute approximate surface area is 190 Å². The minimum absolute atomic E-state index is 0.115. The highest BCUT2D eigenvalue weighted by molar-refractivity contribution is 5.01. The SMILES string of the molecule is NCC1O[C@H](O[C@@H]2C(N)C[C@@H](N)C(O[C@@H]3OC(CO)[C@H](O)C(N)C3O)[C@H]2O)C(N)[C@@H](O)[C@@H]1O. The van der Waals surface area contributed by atoms with Crippen molar-refractivity contribution in [1.82, 2.24) is 0 Å². The van der Waals surface area contributed by atoms with Gasteiger partial charge in [-0.2, -0.15) is 0 Å². The predicted octanol–water partition coefficient (Wildman–Crippen LogP) is -7.33. The summed E-state index contributed by atoms with van der Waals surface area (Å²) in [5, 5.41) is 60.9. The smallest absolute Gasteiger partial charge is 0.186 e. The average molecular weight is 484 g/mol. The Hall–Kier alpha value is -0.600. The first-order chi connectivity index (χ1) is 15.5. The van der Waals surface area contributed by atoms with E-state index >= 15 is 0 Å². The maximum atomic E-state index is 11.0. The second kappa shape index (κ2) is 11.0. The molecular weight excluding hydrogens is 446 g/mol. The van der Waals surface area contributed by atoms with E-state index in [9.17, 15) is 30.6 Å². The van der Waals surface area contributed by atoms with Gasteiger partial charge >= 0.3 is 0 Å². The number of rotatable bonds is 6. The normalized spacial score (nSPS) is 53.7. The molecule has 2 aliphatic heterocycles. The highest BCUT2D eigenvalue weighted by Crippen LogP contribution is 2.30. The topological polar surface area (TPSA) is 288 Å². The number of hydrogen-bond donors (Lipinski definition) is 11. The molecule has 0 spiro atoms. The molecule has 15 nitrogen and oxygen atoms in total. The van der Waals surface area contributed by atoms with Crippen LogP contribution < -0.4 is 28.7 Å². The van der Waals surface area contributed by atoms with Crippen LogP contribution in [0, 0.1) is 0 Å². The molecule has 3 aliphatic rings. The van der Waals surface area contributed by atoms with Crippen LogP contribution in [0.3, 0.4) is 0 Å². The van der Waals surface area contributed by atoms with E-state index in [0.29, 0.717) is 0 Å². The molecule has 2 heterocycles. The third-order valence-corrected chi connectivity index (χ3v) is 6.56. The monoisotopic (exact) mass is 483 g/mol. The molecule has 0 aromatic rings. The Balaban J connectivity index is 1.72. The van der Waals surface area contributed by atoms with Crippen LogP contribution in [-0.4, -0.2) is 135 Å². The van der Waals surface area contributed by atoms with Crippen molar-refractivity contribution in [2.24, 2.45) is 28.7 Å². The van der Waals surface area contributed by atoms with E-state index in [0.717, 1.165) is 0 Å². The highest BCUT2D eigenvalue weighted by Gasteiger charge is 2.51. The van der Waals surface area contributed by atoms with Crippen LogP contribution in [0.5, 0.6) is 0 Å². The van der Waals surface area contributed by atoms with E-state index in [2.05, 4.69) is 0 Å². The summed E-state index contributed by atoms with van der Waals surface area (Å²) >= 11 is 0. The number of hydrogen-bond acceptors (Lipinski definition) is 15. The number of ether oxygens (including phenoxy) is 4. The molecule has 194 valence electrons. The van der Waals surface area contributed by atoms with Gasteiger partial charge in [-0.1, -0.05) is 0 Å². The maximum Gasteiger partial charge on any atom is 0.186 e. The van der Waals surface area contributed by atoms with E-state index in [1.54, 1.807) is 0 Å². The first-order valence-electron chi connectivity index (χ1n) is 10.9. The Bertz CT molecular complexity index is 585. The lowest BCUT2D eigenvalue weighted by Gasteiger charge is -2.48. The van der Waals surface area contributed by atoms with Crippen LogP contribution in [0.25, 0.3) is 0 Å². The number of aliphatic hydroxyl groups excluding tert-OH is 6. The van der Waals surface area contributed by atoms with Gasteiger partial charge in [-0.15, -0.1) is 0 Å². The lowest BCUT2D eigenvalue weighted by atomic mass is 9.84. The third-order valence-electron chi connectivity index (χ3n) is 6.56. The number of aliphatic hydroxyl groups is 6. The summed E-state index contributed by atoms with van der Waals surface area (Å²) < 4.78 is 22.5. The van der Waals surface area contributed by atoms with Gasteiger partial charge in [0.15, 0.2) is 12.6 Å². The lowest BCUT2D eigenvalue weighted by Crippen LogP contribution is -2.69. The van der Waals surface area contributed by atoms with Crippen molar-refractivity contribution in [3.05, 3.63) is 0 Å². The summed E-state index contributed by atoms with van der Waals surface area (Å²) in [6.07, 6.45) is -13.9. The summed E-state index contributed by atoms with van der Waals surface area (Å²) in [4.78, 5) is 0. The molecule has 0 aromatic carbocycles. The molecule has 0 bridgehead atoms. The van der Waals surface area contributed by atoms with Crippen LogP contribution in [0.2, 0.25) is 0 Å². The summed E-state index contributed by atoms with van der Waals surface area (Å²) in [5.41, 5.74) is 29.6.